The van der Waals surface area contributed by atoms with Crippen molar-refractivity contribution in [2.45, 2.75) is 27.2 Å². The molecule has 0 radical (unpaired) electrons. The fourth-order valence-corrected chi connectivity index (χ4v) is 1.69. The fourth-order valence-electron chi connectivity index (χ4n) is 1.69. The van der Waals surface area contributed by atoms with Gasteiger partial charge in [0.25, 0.3) is 0 Å². The Hall–Kier alpha value is -0.930. The van der Waals surface area contributed by atoms with E-state index < -0.39 is 0 Å². The molecule has 1 N–H and O–H groups in total. The highest BCUT2D eigenvalue weighted by molar-refractivity contribution is 5.23. The molecule has 0 aliphatic rings. The number of aryl methyl sites for hydroxylation is 1. The number of halogens is 1. The van der Waals surface area contributed by atoms with Crippen molar-refractivity contribution < 1.29 is 9.13 Å². The lowest BCUT2D eigenvalue weighted by Gasteiger charge is -2.08. The van der Waals surface area contributed by atoms with E-state index in [1.54, 1.807) is 6.92 Å². The molecule has 0 aliphatic carbocycles. The van der Waals surface area contributed by atoms with Gasteiger partial charge in [0.1, 0.15) is 5.82 Å². The fraction of sp³-hybridized carbons (Fsp3) is 0.600. The Labute approximate surface area is 110 Å². The van der Waals surface area contributed by atoms with Crippen LogP contribution in [0.2, 0.25) is 0 Å². The molecule has 2 nitrogen and oxygen atoms in total. The van der Waals surface area contributed by atoms with Gasteiger partial charge < -0.3 is 10.1 Å². The van der Waals surface area contributed by atoms with Gasteiger partial charge in [-0.3, -0.25) is 0 Å². The van der Waals surface area contributed by atoms with E-state index in [-0.39, 0.29) is 5.82 Å². The summed E-state index contributed by atoms with van der Waals surface area (Å²) >= 11 is 0. The quantitative estimate of drug-likeness (QED) is 0.719. The first-order valence-electron chi connectivity index (χ1n) is 6.63. The smallest absolute Gasteiger partial charge is 0.126 e. The van der Waals surface area contributed by atoms with Gasteiger partial charge in [-0.15, -0.1) is 0 Å². The van der Waals surface area contributed by atoms with Crippen molar-refractivity contribution in [2.75, 3.05) is 26.3 Å². The van der Waals surface area contributed by atoms with Crippen molar-refractivity contribution in [3.63, 3.8) is 0 Å². The zero-order chi connectivity index (χ0) is 13.4. The van der Waals surface area contributed by atoms with Crippen molar-refractivity contribution in [3.05, 3.63) is 35.1 Å². The minimum absolute atomic E-state index is 0.141. The Bertz CT molecular complexity index is 352. The first-order valence-corrected chi connectivity index (χ1v) is 6.63. The molecule has 0 heterocycles. The summed E-state index contributed by atoms with van der Waals surface area (Å²) in [6.07, 6.45) is 0.839. The van der Waals surface area contributed by atoms with Crippen molar-refractivity contribution >= 4 is 0 Å². The van der Waals surface area contributed by atoms with E-state index in [0.29, 0.717) is 18.1 Å². The Morgan fingerprint density at radius 1 is 1.28 bits per heavy atom. The highest BCUT2D eigenvalue weighted by Crippen LogP contribution is 2.09. The van der Waals surface area contributed by atoms with Crippen LogP contribution in [-0.4, -0.2) is 26.3 Å². The van der Waals surface area contributed by atoms with E-state index in [0.717, 1.165) is 31.7 Å². The summed E-state index contributed by atoms with van der Waals surface area (Å²) in [5, 5.41) is 3.33. The van der Waals surface area contributed by atoms with Crippen LogP contribution in [0.15, 0.2) is 18.2 Å². The van der Waals surface area contributed by atoms with E-state index in [4.69, 9.17) is 4.74 Å². The van der Waals surface area contributed by atoms with E-state index in [1.807, 2.05) is 12.1 Å². The third-order valence-corrected chi connectivity index (χ3v) is 2.73. The van der Waals surface area contributed by atoms with Gasteiger partial charge in [-0.05, 0) is 43.0 Å². The van der Waals surface area contributed by atoms with E-state index in [1.165, 1.54) is 6.07 Å². The first-order chi connectivity index (χ1) is 8.59. The normalized spacial score (nSPS) is 11.2. The number of rotatable bonds is 8. The minimum Gasteiger partial charge on any atom is -0.380 e. The second-order valence-electron chi connectivity index (χ2n) is 5.04. The lowest BCUT2D eigenvalue weighted by atomic mass is 10.1. The minimum atomic E-state index is -0.141. The van der Waals surface area contributed by atoms with Gasteiger partial charge in [-0.25, -0.2) is 4.39 Å². The number of ether oxygens (including phenoxy) is 1. The lowest BCUT2D eigenvalue weighted by molar-refractivity contribution is 0.138. The van der Waals surface area contributed by atoms with Crippen LogP contribution in [0.1, 0.15) is 25.0 Å². The SMILES string of the molecule is Cc1cc(CCOCCNCC(C)C)ccc1F. The summed E-state index contributed by atoms with van der Waals surface area (Å²) in [5.74, 6) is 0.532. The van der Waals surface area contributed by atoms with Crippen LogP contribution in [0.4, 0.5) is 4.39 Å². The molecule has 0 aliphatic heterocycles. The van der Waals surface area contributed by atoms with Gasteiger partial charge in [0.15, 0.2) is 0 Å². The van der Waals surface area contributed by atoms with Gasteiger partial charge in [0.05, 0.1) is 13.2 Å². The molecule has 0 aromatic heterocycles. The molecule has 1 rings (SSSR count). The molecule has 0 atom stereocenters. The predicted molar refractivity (Wildman–Crippen MR) is 73.4 cm³/mol. The predicted octanol–water partition coefficient (Wildman–Crippen LogP) is 2.94. The second kappa shape index (κ2) is 8.22. The average Bonchev–Trinajstić information content (AvgIpc) is 2.32. The maximum atomic E-state index is 13.1. The molecule has 0 fully saturated rings. The molecule has 102 valence electrons. The molecular weight excluding hydrogens is 229 g/mol. The average molecular weight is 253 g/mol. The summed E-state index contributed by atoms with van der Waals surface area (Å²) in [6, 6.07) is 5.23. The van der Waals surface area contributed by atoms with Crippen molar-refractivity contribution in [3.8, 4) is 0 Å². The molecule has 0 saturated heterocycles. The Kier molecular flexibility index (Phi) is 6.91. The van der Waals surface area contributed by atoms with E-state index in [2.05, 4.69) is 19.2 Å². The molecule has 0 unspecified atom stereocenters. The van der Waals surface area contributed by atoms with E-state index >= 15 is 0 Å². The highest BCUT2D eigenvalue weighted by Gasteiger charge is 1.99. The van der Waals surface area contributed by atoms with Crippen LogP contribution in [0.3, 0.4) is 0 Å². The van der Waals surface area contributed by atoms with Crippen molar-refractivity contribution in [1.29, 1.82) is 0 Å². The molecule has 1 aromatic carbocycles. The van der Waals surface area contributed by atoms with Crippen LogP contribution < -0.4 is 5.32 Å². The zero-order valence-electron chi connectivity index (χ0n) is 11.6. The summed E-state index contributed by atoms with van der Waals surface area (Å²) in [4.78, 5) is 0. The number of nitrogens with one attached hydrogen (secondary N) is 1. The molecule has 0 saturated carbocycles. The largest absolute Gasteiger partial charge is 0.380 e. The van der Waals surface area contributed by atoms with Gasteiger partial charge >= 0.3 is 0 Å². The maximum Gasteiger partial charge on any atom is 0.126 e. The maximum absolute atomic E-state index is 13.1. The van der Waals surface area contributed by atoms with Gasteiger partial charge in [-0.1, -0.05) is 26.0 Å². The highest BCUT2D eigenvalue weighted by atomic mass is 19.1. The van der Waals surface area contributed by atoms with Gasteiger partial charge in [-0.2, -0.15) is 0 Å². The monoisotopic (exact) mass is 253 g/mol. The summed E-state index contributed by atoms with van der Waals surface area (Å²) < 4.78 is 18.6. The molecule has 0 amide bonds. The van der Waals surface area contributed by atoms with Crippen LogP contribution in [-0.2, 0) is 11.2 Å². The number of hydrogen-bond donors (Lipinski definition) is 1. The first kappa shape index (κ1) is 15.1. The number of benzene rings is 1. The molecule has 1 aromatic rings. The zero-order valence-corrected chi connectivity index (χ0v) is 11.6. The standard InChI is InChI=1S/C15H24FNO/c1-12(2)11-17-7-9-18-8-6-14-4-5-15(16)13(3)10-14/h4-5,10,12,17H,6-9,11H2,1-3H3. The Morgan fingerprint density at radius 2 is 2.06 bits per heavy atom. The number of hydrogen-bond acceptors (Lipinski definition) is 2. The second-order valence-corrected chi connectivity index (χ2v) is 5.04. The van der Waals surface area contributed by atoms with Crippen molar-refractivity contribution in [1.82, 2.24) is 5.32 Å². The van der Waals surface area contributed by atoms with Crippen molar-refractivity contribution in [2.24, 2.45) is 5.92 Å². The third-order valence-electron chi connectivity index (χ3n) is 2.73. The molecular formula is C15H24FNO. The van der Waals surface area contributed by atoms with Crippen LogP contribution in [0.5, 0.6) is 0 Å². The van der Waals surface area contributed by atoms with E-state index in [9.17, 15) is 4.39 Å². The Balaban J connectivity index is 2.09. The third kappa shape index (κ3) is 6.12. The van der Waals surface area contributed by atoms with Gasteiger partial charge in [0.2, 0.25) is 0 Å². The summed E-state index contributed by atoms with van der Waals surface area (Å²) in [6.45, 7) is 9.49. The molecule has 0 bridgehead atoms. The van der Waals surface area contributed by atoms with Crippen LogP contribution in [0, 0.1) is 18.7 Å². The Morgan fingerprint density at radius 3 is 2.72 bits per heavy atom. The lowest BCUT2D eigenvalue weighted by Crippen LogP contribution is -2.24. The summed E-state index contributed by atoms with van der Waals surface area (Å²) in [5.41, 5.74) is 1.83. The molecule has 18 heavy (non-hydrogen) atoms. The van der Waals surface area contributed by atoms with Crippen LogP contribution >= 0.6 is 0 Å². The summed E-state index contributed by atoms with van der Waals surface area (Å²) in [7, 11) is 0. The topological polar surface area (TPSA) is 21.3 Å². The molecule has 3 heteroatoms. The molecule has 0 spiro atoms. The van der Waals surface area contributed by atoms with Crippen LogP contribution in [0.25, 0.3) is 0 Å². The van der Waals surface area contributed by atoms with Gasteiger partial charge in [0, 0.05) is 6.54 Å².